The van der Waals surface area contributed by atoms with E-state index in [2.05, 4.69) is 35.4 Å². The third kappa shape index (κ3) is 8.04. The van der Waals surface area contributed by atoms with Gasteiger partial charge in [-0.15, -0.1) is 0 Å². The number of allylic oxidation sites excluding steroid dienone is 2. The van der Waals surface area contributed by atoms with Crippen molar-refractivity contribution in [3.8, 4) is 5.75 Å². The number of aryl methyl sites for hydroxylation is 1. The number of nitrogens with one attached hydrogen (secondary N) is 1. The quantitative estimate of drug-likeness (QED) is 0.255. The first kappa shape index (κ1) is 25.0. The van der Waals surface area contributed by atoms with Crippen molar-refractivity contribution in [2.75, 3.05) is 7.11 Å². The summed E-state index contributed by atoms with van der Waals surface area (Å²) in [5, 5.41) is 3.19. The van der Waals surface area contributed by atoms with Crippen LogP contribution in [0.25, 0.3) is 5.57 Å². The van der Waals surface area contributed by atoms with Crippen LogP contribution in [0.2, 0.25) is 0 Å². The molecule has 1 atom stereocenters. The Labute approximate surface area is 203 Å². The van der Waals surface area contributed by atoms with Crippen LogP contribution in [0.4, 0.5) is 0 Å². The highest BCUT2D eigenvalue weighted by molar-refractivity contribution is 5.89. The molecule has 0 bridgehead atoms. The molecule has 0 saturated carbocycles. The van der Waals surface area contributed by atoms with Crippen LogP contribution in [0.15, 0.2) is 97.4 Å². The van der Waals surface area contributed by atoms with Crippen LogP contribution in [0.5, 0.6) is 5.75 Å². The maximum atomic E-state index is 12.6. The molecule has 0 unspecified atom stereocenters. The zero-order valence-corrected chi connectivity index (χ0v) is 20.1. The summed E-state index contributed by atoms with van der Waals surface area (Å²) in [5.41, 5.74) is 4.45. The lowest BCUT2D eigenvalue weighted by molar-refractivity contribution is -0.117. The summed E-state index contributed by atoms with van der Waals surface area (Å²) in [6.07, 6.45) is 14.1. The van der Waals surface area contributed by atoms with E-state index in [1.807, 2.05) is 66.9 Å². The number of pyridine rings is 1. The third-order valence-electron chi connectivity index (χ3n) is 5.72. The molecule has 0 aliphatic heterocycles. The minimum atomic E-state index is -0.0572. The number of hydrogen-bond donors (Lipinski definition) is 1. The predicted molar refractivity (Wildman–Crippen MR) is 140 cm³/mol. The molecule has 1 N–H and O–H groups in total. The van der Waals surface area contributed by atoms with E-state index in [0.717, 1.165) is 54.6 Å². The highest BCUT2D eigenvalue weighted by Gasteiger charge is 2.10. The van der Waals surface area contributed by atoms with E-state index in [-0.39, 0.29) is 11.9 Å². The lowest BCUT2D eigenvalue weighted by Crippen LogP contribution is -2.33. The Bertz CT molecular complexity index is 1060. The van der Waals surface area contributed by atoms with Crippen molar-refractivity contribution in [2.24, 2.45) is 0 Å². The molecule has 1 aromatic heterocycles. The molecule has 0 aliphatic carbocycles. The van der Waals surface area contributed by atoms with Gasteiger partial charge in [-0.05, 0) is 66.1 Å². The Morgan fingerprint density at radius 2 is 1.76 bits per heavy atom. The average molecular weight is 455 g/mol. The molecule has 0 radical (unpaired) electrons. The van der Waals surface area contributed by atoms with Gasteiger partial charge < -0.3 is 10.1 Å². The largest absolute Gasteiger partial charge is 0.497 e. The maximum Gasteiger partial charge on any atom is 0.244 e. The smallest absolute Gasteiger partial charge is 0.244 e. The SMILES string of the molecule is CCC[C@H](CCCc1cccnc1)NC(=O)/C=C/C=C(\c1ccccc1)c1ccc(OC)cc1. The summed E-state index contributed by atoms with van der Waals surface area (Å²) in [7, 11) is 1.66. The second kappa shape index (κ2) is 13.8. The van der Waals surface area contributed by atoms with Gasteiger partial charge in [-0.25, -0.2) is 0 Å². The normalized spacial score (nSPS) is 12.5. The van der Waals surface area contributed by atoms with Crippen LogP contribution in [0.1, 0.15) is 49.3 Å². The number of rotatable bonds is 12. The summed E-state index contributed by atoms with van der Waals surface area (Å²) in [6.45, 7) is 2.15. The molecule has 176 valence electrons. The molecular formula is C30H34N2O2. The monoisotopic (exact) mass is 454 g/mol. The number of ether oxygens (including phenoxy) is 1. The molecule has 2 aromatic carbocycles. The van der Waals surface area contributed by atoms with Crippen LogP contribution < -0.4 is 10.1 Å². The maximum absolute atomic E-state index is 12.6. The van der Waals surface area contributed by atoms with Crippen molar-refractivity contribution in [3.05, 3.63) is 114 Å². The van der Waals surface area contributed by atoms with E-state index in [1.165, 1.54) is 5.56 Å². The van der Waals surface area contributed by atoms with Gasteiger partial charge in [-0.1, -0.05) is 74.0 Å². The van der Waals surface area contributed by atoms with E-state index in [0.29, 0.717) is 0 Å². The highest BCUT2D eigenvalue weighted by Crippen LogP contribution is 2.25. The number of methoxy groups -OCH3 is 1. The molecule has 1 amide bonds. The fourth-order valence-electron chi connectivity index (χ4n) is 3.96. The Morgan fingerprint density at radius 3 is 2.44 bits per heavy atom. The molecule has 4 nitrogen and oxygen atoms in total. The molecule has 3 rings (SSSR count). The third-order valence-corrected chi connectivity index (χ3v) is 5.72. The fourth-order valence-corrected chi connectivity index (χ4v) is 3.96. The molecule has 4 heteroatoms. The standard InChI is InChI=1S/C30H34N2O2/c1-3-10-27(15-7-11-24-12-9-22-31-23-24)32-30(33)17-8-16-29(25-13-5-4-6-14-25)26-18-20-28(34-2)21-19-26/h4-6,8-9,12-14,16-23,27H,3,7,10-11,15H2,1-2H3,(H,32,33)/b17-8+,29-16+/t27-/m1/s1. The number of amides is 1. The molecule has 0 aliphatic rings. The molecule has 0 fully saturated rings. The Morgan fingerprint density at radius 1 is 1.00 bits per heavy atom. The Balaban J connectivity index is 1.64. The number of hydrogen-bond acceptors (Lipinski definition) is 3. The van der Waals surface area contributed by atoms with Gasteiger partial charge in [0.1, 0.15) is 5.75 Å². The molecule has 3 aromatic rings. The van der Waals surface area contributed by atoms with Crippen LogP contribution in [-0.2, 0) is 11.2 Å². The summed E-state index contributed by atoms with van der Waals surface area (Å²) in [4.78, 5) is 16.8. The van der Waals surface area contributed by atoms with E-state index < -0.39 is 0 Å². The second-order valence-electron chi connectivity index (χ2n) is 8.28. The van der Waals surface area contributed by atoms with Crippen molar-refractivity contribution < 1.29 is 9.53 Å². The number of aromatic nitrogens is 1. The van der Waals surface area contributed by atoms with Crippen LogP contribution in [-0.4, -0.2) is 24.0 Å². The highest BCUT2D eigenvalue weighted by atomic mass is 16.5. The van der Waals surface area contributed by atoms with Crippen LogP contribution in [0, 0.1) is 0 Å². The number of carbonyl (C=O) groups excluding carboxylic acids is 1. The van der Waals surface area contributed by atoms with Crippen LogP contribution >= 0.6 is 0 Å². The number of benzene rings is 2. The molecule has 0 spiro atoms. The van der Waals surface area contributed by atoms with Gasteiger partial charge in [0.15, 0.2) is 0 Å². The molecule has 0 saturated heterocycles. The summed E-state index contributed by atoms with van der Waals surface area (Å²) < 4.78 is 5.29. The van der Waals surface area contributed by atoms with E-state index in [1.54, 1.807) is 19.4 Å². The van der Waals surface area contributed by atoms with Crippen LogP contribution in [0.3, 0.4) is 0 Å². The zero-order valence-electron chi connectivity index (χ0n) is 20.1. The average Bonchev–Trinajstić information content (AvgIpc) is 2.88. The van der Waals surface area contributed by atoms with Gasteiger partial charge in [0.05, 0.1) is 7.11 Å². The van der Waals surface area contributed by atoms with Crippen molar-refractivity contribution in [1.29, 1.82) is 0 Å². The fraction of sp³-hybridized carbons (Fsp3) is 0.267. The predicted octanol–water partition coefficient (Wildman–Crippen LogP) is 6.39. The van der Waals surface area contributed by atoms with Crippen molar-refractivity contribution in [2.45, 2.75) is 45.1 Å². The summed E-state index contributed by atoms with van der Waals surface area (Å²) in [5.74, 6) is 0.759. The van der Waals surface area contributed by atoms with Crippen molar-refractivity contribution in [3.63, 3.8) is 0 Å². The lowest BCUT2D eigenvalue weighted by atomic mass is 9.97. The lowest BCUT2D eigenvalue weighted by Gasteiger charge is -2.17. The topological polar surface area (TPSA) is 51.2 Å². The van der Waals surface area contributed by atoms with Crippen molar-refractivity contribution >= 4 is 11.5 Å². The van der Waals surface area contributed by atoms with E-state index >= 15 is 0 Å². The Hall–Kier alpha value is -3.66. The first-order chi connectivity index (χ1) is 16.7. The molecule has 1 heterocycles. The minimum Gasteiger partial charge on any atom is -0.497 e. The van der Waals surface area contributed by atoms with Gasteiger partial charge in [0.25, 0.3) is 0 Å². The van der Waals surface area contributed by atoms with E-state index in [4.69, 9.17) is 4.74 Å². The molecule has 34 heavy (non-hydrogen) atoms. The van der Waals surface area contributed by atoms with Crippen molar-refractivity contribution in [1.82, 2.24) is 10.3 Å². The first-order valence-corrected chi connectivity index (χ1v) is 12.0. The number of carbonyl (C=O) groups is 1. The van der Waals surface area contributed by atoms with E-state index in [9.17, 15) is 4.79 Å². The second-order valence-corrected chi connectivity index (χ2v) is 8.28. The minimum absolute atomic E-state index is 0.0572. The zero-order chi connectivity index (χ0) is 24.0. The summed E-state index contributed by atoms with van der Waals surface area (Å²) in [6, 6.07) is 22.4. The number of nitrogens with zero attached hydrogens (tertiary/aromatic N) is 1. The van der Waals surface area contributed by atoms with Gasteiger partial charge in [-0.2, -0.15) is 0 Å². The molecular weight excluding hydrogens is 420 g/mol. The van der Waals surface area contributed by atoms with Gasteiger partial charge >= 0.3 is 0 Å². The van der Waals surface area contributed by atoms with Gasteiger partial charge in [0.2, 0.25) is 5.91 Å². The van der Waals surface area contributed by atoms with Gasteiger partial charge in [0, 0.05) is 24.5 Å². The first-order valence-electron chi connectivity index (χ1n) is 12.0. The Kier molecular flexibility index (Phi) is 10.1. The summed E-state index contributed by atoms with van der Waals surface area (Å²) >= 11 is 0. The van der Waals surface area contributed by atoms with Gasteiger partial charge in [-0.3, -0.25) is 9.78 Å².